The summed E-state index contributed by atoms with van der Waals surface area (Å²) in [6.07, 6.45) is 0.240. The summed E-state index contributed by atoms with van der Waals surface area (Å²) in [5.74, 6) is -3.12. The first kappa shape index (κ1) is 17.2. The zero-order chi connectivity index (χ0) is 15.2. The van der Waals surface area contributed by atoms with Crippen LogP contribution in [0.1, 0.15) is 6.42 Å². The standard InChI is InChI=1S/C9H16N2O7S/c1-11(3-4-19(2,17)18)9(16)10-6(8(14)15)5-7(12)13/h6H,3-5H2,1-2H3,(H,10,16)(H,12,13)(H,14,15). The number of nitrogens with one attached hydrogen (secondary N) is 1. The summed E-state index contributed by atoms with van der Waals surface area (Å²) in [5.41, 5.74) is 0. The molecule has 0 fully saturated rings. The van der Waals surface area contributed by atoms with Crippen molar-refractivity contribution >= 4 is 27.8 Å². The van der Waals surface area contributed by atoms with Crippen molar-refractivity contribution in [2.24, 2.45) is 0 Å². The Morgan fingerprint density at radius 2 is 1.79 bits per heavy atom. The second kappa shape index (κ2) is 6.92. The van der Waals surface area contributed by atoms with E-state index >= 15 is 0 Å². The molecule has 0 rings (SSSR count). The number of amides is 2. The van der Waals surface area contributed by atoms with Gasteiger partial charge in [-0.05, 0) is 0 Å². The predicted molar refractivity (Wildman–Crippen MR) is 64.5 cm³/mol. The Balaban J connectivity index is 4.47. The van der Waals surface area contributed by atoms with Gasteiger partial charge in [0.15, 0.2) is 0 Å². The molecule has 0 aliphatic heterocycles. The minimum Gasteiger partial charge on any atom is -0.481 e. The van der Waals surface area contributed by atoms with Crippen LogP contribution in [0.25, 0.3) is 0 Å². The van der Waals surface area contributed by atoms with E-state index in [9.17, 15) is 22.8 Å². The second-order valence-electron chi connectivity index (χ2n) is 3.99. The first-order valence-electron chi connectivity index (χ1n) is 5.17. The van der Waals surface area contributed by atoms with Gasteiger partial charge in [-0.2, -0.15) is 0 Å². The van der Waals surface area contributed by atoms with E-state index in [4.69, 9.17) is 10.2 Å². The van der Waals surface area contributed by atoms with Crippen LogP contribution in [0, 0.1) is 0 Å². The normalized spacial score (nSPS) is 12.5. The highest BCUT2D eigenvalue weighted by atomic mass is 32.2. The SMILES string of the molecule is CN(CCS(C)(=O)=O)C(=O)NC(CC(=O)O)C(=O)O. The van der Waals surface area contributed by atoms with Crippen molar-refractivity contribution in [3.63, 3.8) is 0 Å². The molecule has 1 unspecified atom stereocenters. The van der Waals surface area contributed by atoms with Crippen LogP contribution in [-0.4, -0.2) is 73.1 Å². The van der Waals surface area contributed by atoms with Crippen LogP contribution in [0.4, 0.5) is 4.79 Å². The van der Waals surface area contributed by atoms with Gasteiger partial charge in [-0.3, -0.25) is 4.79 Å². The van der Waals surface area contributed by atoms with Crippen molar-refractivity contribution in [3.8, 4) is 0 Å². The van der Waals surface area contributed by atoms with E-state index in [1.54, 1.807) is 0 Å². The fourth-order valence-corrected chi connectivity index (χ4v) is 1.64. The Bertz CT molecular complexity index is 459. The molecule has 0 aliphatic rings. The molecule has 0 saturated heterocycles. The highest BCUT2D eigenvalue weighted by molar-refractivity contribution is 7.90. The fourth-order valence-electron chi connectivity index (χ4n) is 1.04. The molecule has 10 heteroatoms. The van der Waals surface area contributed by atoms with Crippen LogP contribution in [0.3, 0.4) is 0 Å². The van der Waals surface area contributed by atoms with Gasteiger partial charge >= 0.3 is 18.0 Å². The number of hydrogen-bond acceptors (Lipinski definition) is 5. The molecule has 9 nitrogen and oxygen atoms in total. The number of carbonyl (C=O) groups excluding carboxylic acids is 1. The van der Waals surface area contributed by atoms with Crippen molar-refractivity contribution in [1.82, 2.24) is 10.2 Å². The van der Waals surface area contributed by atoms with Gasteiger partial charge < -0.3 is 20.4 Å². The molecule has 19 heavy (non-hydrogen) atoms. The Morgan fingerprint density at radius 3 is 2.16 bits per heavy atom. The summed E-state index contributed by atoms with van der Waals surface area (Å²) >= 11 is 0. The Labute approximate surface area is 110 Å². The number of urea groups is 1. The summed E-state index contributed by atoms with van der Waals surface area (Å²) in [7, 11) is -1.97. The molecule has 0 spiro atoms. The van der Waals surface area contributed by atoms with Crippen LogP contribution in [0.5, 0.6) is 0 Å². The van der Waals surface area contributed by atoms with E-state index in [1.807, 2.05) is 5.32 Å². The largest absolute Gasteiger partial charge is 0.481 e. The molecular formula is C9H16N2O7S. The summed E-state index contributed by atoms with van der Waals surface area (Å²) in [6.45, 7) is -0.121. The molecule has 3 N–H and O–H groups in total. The average Bonchev–Trinajstić information content (AvgIpc) is 2.22. The number of nitrogens with zero attached hydrogens (tertiary/aromatic N) is 1. The lowest BCUT2D eigenvalue weighted by Gasteiger charge is -2.20. The van der Waals surface area contributed by atoms with E-state index in [-0.39, 0.29) is 12.3 Å². The average molecular weight is 296 g/mol. The van der Waals surface area contributed by atoms with E-state index in [2.05, 4.69) is 0 Å². The number of rotatable bonds is 7. The molecule has 110 valence electrons. The van der Waals surface area contributed by atoms with Crippen LogP contribution >= 0.6 is 0 Å². The highest BCUT2D eigenvalue weighted by Gasteiger charge is 2.24. The van der Waals surface area contributed by atoms with Gasteiger partial charge in [0.05, 0.1) is 12.2 Å². The zero-order valence-corrected chi connectivity index (χ0v) is 11.3. The summed E-state index contributed by atoms with van der Waals surface area (Å²) in [6, 6.07) is -2.41. The molecule has 1 atom stereocenters. The van der Waals surface area contributed by atoms with Crippen molar-refractivity contribution in [2.75, 3.05) is 25.6 Å². The third-order valence-corrected chi connectivity index (χ3v) is 3.04. The summed E-state index contributed by atoms with van der Waals surface area (Å²) in [5, 5.41) is 19.2. The molecule has 0 aliphatic carbocycles. The Morgan fingerprint density at radius 1 is 1.26 bits per heavy atom. The van der Waals surface area contributed by atoms with Crippen LogP contribution in [-0.2, 0) is 19.4 Å². The zero-order valence-electron chi connectivity index (χ0n) is 10.5. The smallest absolute Gasteiger partial charge is 0.326 e. The predicted octanol–water partition coefficient (Wildman–Crippen LogP) is -1.40. The van der Waals surface area contributed by atoms with Crippen LogP contribution < -0.4 is 5.32 Å². The fraction of sp³-hybridized carbons (Fsp3) is 0.667. The van der Waals surface area contributed by atoms with Gasteiger partial charge in [0, 0.05) is 19.8 Å². The van der Waals surface area contributed by atoms with Crippen molar-refractivity contribution in [3.05, 3.63) is 0 Å². The Hall–Kier alpha value is -1.84. The molecule has 0 bridgehead atoms. The van der Waals surface area contributed by atoms with Gasteiger partial charge in [-0.15, -0.1) is 0 Å². The Kier molecular flexibility index (Phi) is 6.25. The van der Waals surface area contributed by atoms with E-state index in [0.717, 1.165) is 11.2 Å². The van der Waals surface area contributed by atoms with Gasteiger partial charge in [0.25, 0.3) is 0 Å². The maximum absolute atomic E-state index is 11.5. The minimum atomic E-state index is -3.25. The lowest BCUT2D eigenvalue weighted by atomic mass is 10.2. The topological polar surface area (TPSA) is 141 Å². The van der Waals surface area contributed by atoms with Gasteiger partial charge in [-0.25, -0.2) is 18.0 Å². The quantitative estimate of drug-likeness (QED) is 0.524. The monoisotopic (exact) mass is 296 g/mol. The number of sulfone groups is 1. The van der Waals surface area contributed by atoms with Crippen molar-refractivity contribution < 1.29 is 33.0 Å². The maximum atomic E-state index is 11.5. The number of hydrogen-bond donors (Lipinski definition) is 3. The number of carboxylic acids is 2. The summed E-state index contributed by atoms with van der Waals surface area (Å²) in [4.78, 5) is 33.6. The van der Waals surface area contributed by atoms with Gasteiger partial charge in [0.2, 0.25) is 0 Å². The number of aliphatic carboxylic acids is 2. The lowest BCUT2D eigenvalue weighted by molar-refractivity contribution is -0.145. The molecule has 2 amide bonds. The number of carboxylic acid groups (broad SMARTS) is 2. The molecule has 0 saturated carbocycles. The first-order valence-corrected chi connectivity index (χ1v) is 7.23. The molecule has 0 radical (unpaired) electrons. The van der Waals surface area contributed by atoms with E-state index < -0.39 is 40.3 Å². The molecular weight excluding hydrogens is 280 g/mol. The van der Waals surface area contributed by atoms with E-state index in [0.29, 0.717) is 0 Å². The van der Waals surface area contributed by atoms with Crippen LogP contribution in [0.2, 0.25) is 0 Å². The van der Waals surface area contributed by atoms with Gasteiger partial charge in [-0.1, -0.05) is 0 Å². The third-order valence-electron chi connectivity index (χ3n) is 2.12. The van der Waals surface area contributed by atoms with Crippen molar-refractivity contribution in [1.29, 1.82) is 0 Å². The van der Waals surface area contributed by atoms with Crippen LogP contribution in [0.15, 0.2) is 0 Å². The van der Waals surface area contributed by atoms with Gasteiger partial charge in [0.1, 0.15) is 15.9 Å². The molecule has 0 heterocycles. The maximum Gasteiger partial charge on any atom is 0.326 e. The second-order valence-corrected chi connectivity index (χ2v) is 6.25. The molecule has 0 aromatic carbocycles. The van der Waals surface area contributed by atoms with Crippen molar-refractivity contribution in [2.45, 2.75) is 12.5 Å². The minimum absolute atomic E-state index is 0.121. The molecule has 0 aromatic heterocycles. The lowest BCUT2D eigenvalue weighted by Crippen LogP contribution is -2.48. The van der Waals surface area contributed by atoms with E-state index in [1.165, 1.54) is 7.05 Å². The first-order chi connectivity index (χ1) is 8.53. The third kappa shape index (κ3) is 7.97. The molecule has 0 aromatic rings. The number of carbonyl (C=O) groups is 3. The highest BCUT2D eigenvalue weighted by Crippen LogP contribution is 1.96. The summed E-state index contributed by atoms with van der Waals surface area (Å²) < 4.78 is 21.8.